The summed E-state index contributed by atoms with van der Waals surface area (Å²) in [4.78, 5) is 0. The SMILES string of the molecule is Brc1ccc2c(Br)cccc2c1. The van der Waals surface area contributed by atoms with Crippen molar-refractivity contribution in [3.8, 4) is 0 Å². The van der Waals surface area contributed by atoms with E-state index in [1.54, 1.807) is 0 Å². The van der Waals surface area contributed by atoms with Crippen LogP contribution in [0.1, 0.15) is 0 Å². The normalized spacial score (nSPS) is 10.5. The Morgan fingerprint density at radius 2 is 1.75 bits per heavy atom. The third-order valence-corrected chi connectivity index (χ3v) is 2.97. The molecule has 0 amide bonds. The second kappa shape index (κ2) is 3.19. The molecule has 0 fully saturated rings. The van der Waals surface area contributed by atoms with Crippen LogP contribution in [0.15, 0.2) is 45.3 Å². The molecule has 0 unspecified atom stereocenters. The van der Waals surface area contributed by atoms with Crippen LogP contribution in [0.3, 0.4) is 0 Å². The predicted molar refractivity (Wildman–Crippen MR) is 59.3 cm³/mol. The van der Waals surface area contributed by atoms with Crippen molar-refractivity contribution in [1.29, 1.82) is 0 Å². The lowest BCUT2D eigenvalue weighted by molar-refractivity contribution is 1.68. The second-order valence-corrected chi connectivity index (χ2v) is 4.38. The van der Waals surface area contributed by atoms with Gasteiger partial charge in [-0.25, -0.2) is 0 Å². The van der Waals surface area contributed by atoms with Crippen LogP contribution in [0.4, 0.5) is 0 Å². The van der Waals surface area contributed by atoms with E-state index in [-0.39, 0.29) is 0 Å². The van der Waals surface area contributed by atoms with Crippen molar-refractivity contribution in [3.05, 3.63) is 45.3 Å². The first-order valence-electron chi connectivity index (χ1n) is 3.61. The minimum Gasteiger partial charge on any atom is -0.0605 e. The van der Waals surface area contributed by atoms with Crippen LogP contribution in [0.2, 0.25) is 0 Å². The fourth-order valence-corrected chi connectivity index (χ4v) is 2.11. The van der Waals surface area contributed by atoms with E-state index in [0.29, 0.717) is 0 Å². The summed E-state index contributed by atoms with van der Waals surface area (Å²) < 4.78 is 2.26. The summed E-state index contributed by atoms with van der Waals surface area (Å²) >= 11 is 6.95. The molecule has 0 N–H and O–H groups in total. The maximum absolute atomic E-state index is 3.51. The standard InChI is InChI=1S/C10H6Br2/c11-8-4-5-9-7(6-8)2-1-3-10(9)12/h1-6H. The van der Waals surface area contributed by atoms with E-state index in [2.05, 4.69) is 56.1 Å². The highest BCUT2D eigenvalue weighted by Gasteiger charge is 1.96. The van der Waals surface area contributed by atoms with Gasteiger partial charge in [-0.1, -0.05) is 50.1 Å². The average Bonchev–Trinajstić information content (AvgIpc) is 2.04. The summed E-state index contributed by atoms with van der Waals surface area (Å²) in [6, 6.07) is 12.5. The minimum atomic E-state index is 1.12. The lowest BCUT2D eigenvalue weighted by Gasteiger charge is -1.99. The Morgan fingerprint density at radius 1 is 0.917 bits per heavy atom. The molecule has 0 spiro atoms. The van der Waals surface area contributed by atoms with Crippen LogP contribution in [0.25, 0.3) is 10.8 Å². The number of halogens is 2. The van der Waals surface area contributed by atoms with Crippen molar-refractivity contribution in [3.63, 3.8) is 0 Å². The first-order chi connectivity index (χ1) is 5.77. The molecule has 0 aliphatic rings. The molecule has 0 bridgehead atoms. The van der Waals surface area contributed by atoms with E-state index in [1.165, 1.54) is 10.8 Å². The zero-order valence-corrected chi connectivity index (χ0v) is 9.39. The molecule has 0 aliphatic heterocycles. The number of fused-ring (bicyclic) bond motifs is 1. The van der Waals surface area contributed by atoms with Gasteiger partial charge in [0.1, 0.15) is 0 Å². The summed E-state index contributed by atoms with van der Waals surface area (Å²) in [6.07, 6.45) is 0. The van der Waals surface area contributed by atoms with Gasteiger partial charge < -0.3 is 0 Å². The zero-order valence-electron chi connectivity index (χ0n) is 6.22. The Kier molecular flexibility index (Phi) is 2.20. The quantitative estimate of drug-likeness (QED) is 0.674. The summed E-state index contributed by atoms with van der Waals surface area (Å²) in [5.41, 5.74) is 0. The molecule has 0 atom stereocenters. The van der Waals surface area contributed by atoms with Crippen molar-refractivity contribution < 1.29 is 0 Å². The van der Waals surface area contributed by atoms with Crippen molar-refractivity contribution in [1.82, 2.24) is 0 Å². The van der Waals surface area contributed by atoms with Crippen molar-refractivity contribution in [2.45, 2.75) is 0 Å². The molecule has 60 valence electrons. The molecule has 0 aliphatic carbocycles. The minimum absolute atomic E-state index is 1.12. The van der Waals surface area contributed by atoms with Gasteiger partial charge in [0.2, 0.25) is 0 Å². The van der Waals surface area contributed by atoms with Crippen LogP contribution in [0.5, 0.6) is 0 Å². The summed E-state index contributed by atoms with van der Waals surface area (Å²) in [5, 5.41) is 2.50. The summed E-state index contributed by atoms with van der Waals surface area (Å²) in [5.74, 6) is 0. The highest BCUT2D eigenvalue weighted by atomic mass is 79.9. The van der Waals surface area contributed by atoms with Crippen molar-refractivity contribution in [2.75, 3.05) is 0 Å². The van der Waals surface area contributed by atoms with E-state index >= 15 is 0 Å². The summed E-state index contributed by atoms with van der Waals surface area (Å²) in [7, 11) is 0. The molecule has 0 saturated carbocycles. The molecular formula is C10H6Br2. The fraction of sp³-hybridized carbons (Fsp3) is 0. The first kappa shape index (κ1) is 8.27. The molecule has 0 nitrogen and oxygen atoms in total. The average molecular weight is 286 g/mol. The van der Waals surface area contributed by atoms with E-state index in [1.807, 2.05) is 12.1 Å². The molecule has 2 aromatic carbocycles. The van der Waals surface area contributed by atoms with Gasteiger partial charge in [0.25, 0.3) is 0 Å². The Hall–Kier alpha value is -0.340. The van der Waals surface area contributed by atoms with Crippen LogP contribution < -0.4 is 0 Å². The Balaban J connectivity index is 2.86. The van der Waals surface area contributed by atoms with E-state index in [0.717, 1.165) is 8.95 Å². The third kappa shape index (κ3) is 1.41. The molecule has 0 saturated heterocycles. The van der Waals surface area contributed by atoms with Crippen LogP contribution in [-0.4, -0.2) is 0 Å². The molecule has 2 rings (SSSR count). The largest absolute Gasteiger partial charge is 0.0605 e. The zero-order chi connectivity index (χ0) is 8.55. The van der Waals surface area contributed by atoms with E-state index < -0.39 is 0 Å². The van der Waals surface area contributed by atoms with Crippen LogP contribution in [-0.2, 0) is 0 Å². The molecule has 12 heavy (non-hydrogen) atoms. The van der Waals surface area contributed by atoms with Gasteiger partial charge in [-0.3, -0.25) is 0 Å². The number of hydrogen-bond acceptors (Lipinski definition) is 0. The predicted octanol–water partition coefficient (Wildman–Crippen LogP) is 4.36. The highest BCUT2D eigenvalue weighted by Crippen LogP contribution is 2.26. The van der Waals surface area contributed by atoms with Gasteiger partial charge in [-0.05, 0) is 29.0 Å². The Morgan fingerprint density at radius 3 is 2.58 bits per heavy atom. The highest BCUT2D eigenvalue weighted by molar-refractivity contribution is 9.11. The van der Waals surface area contributed by atoms with Crippen LogP contribution >= 0.6 is 31.9 Å². The van der Waals surface area contributed by atoms with Crippen molar-refractivity contribution in [2.24, 2.45) is 0 Å². The first-order valence-corrected chi connectivity index (χ1v) is 5.20. The molecule has 0 heterocycles. The van der Waals surface area contributed by atoms with Gasteiger partial charge in [0.15, 0.2) is 0 Å². The number of rotatable bonds is 0. The maximum atomic E-state index is 3.51. The second-order valence-electron chi connectivity index (χ2n) is 2.61. The van der Waals surface area contributed by atoms with Gasteiger partial charge in [-0.15, -0.1) is 0 Å². The van der Waals surface area contributed by atoms with E-state index in [9.17, 15) is 0 Å². The monoisotopic (exact) mass is 284 g/mol. The third-order valence-electron chi connectivity index (χ3n) is 1.79. The molecular weight excluding hydrogens is 280 g/mol. The van der Waals surface area contributed by atoms with Crippen molar-refractivity contribution >= 4 is 42.6 Å². The lowest BCUT2D eigenvalue weighted by Crippen LogP contribution is -1.73. The van der Waals surface area contributed by atoms with E-state index in [4.69, 9.17) is 0 Å². The molecule has 0 radical (unpaired) electrons. The van der Waals surface area contributed by atoms with Gasteiger partial charge in [0, 0.05) is 8.95 Å². The van der Waals surface area contributed by atoms with Crippen LogP contribution in [0, 0.1) is 0 Å². The Labute approximate surface area is 87.8 Å². The fourth-order valence-electron chi connectivity index (χ4n) is 1.22. The smallest absolute Gasteiger partial charge is 0.0253 e. The number of hydrogen-bond donors (Lipinski definition) is 0. The molecule has 2 aromatic rings. The van der Waals surface area contributed by atoms with Gasteiger partial charge >= 0.3 is 0 Å². The summed E-state index contributed by atoms with van der Waals surface area (Å²) in [6.45, 7) is 0. The Bertz CT molecular complexity index is 421. The lowest BCUT2D eigenvalue weighted by atomic mass is 10.1. The molecule has 0 aromatic heterocycles. The van der Waals surface area contributed by atoms with Gasteiger partial charge in [-0.2, -0.15) is 0 Å². The number of benzene rings is 2. The maximum Gasteiger partial charge on any atom is 0.0253 e. The molecule has 2 heteroatoms. The van der Waals surface area contributed by atoms with Gasteiger partial charge in [0.05, 0.1) is 0 Å². The topological polar surface area (TPSA) is 0 Å².